The Bertz CT molecular complexity index is 730. The van der Waals surface area contributed by atoms with Crippen LogP contribution in [0.3, 0.4) is 0 Å². The number of benzene rings is 1. The number of piperazine rings is 1. The lowest BCUT2D eigenvalue weighted by atomic mass is 9.78. The molecule has 3 rings (SSSR count). The zero-order chi connectivity index (χ0) is 23.7. The number of hydrogen-bond donors (Lipinski definition) is 1. The second-order valence-electron chi connectivity index (χ2n) is 10.8. The Kier molecular flexibility index (Phi) is 9.92. The van der Waals surface area contributed by atoms with E-state index < -0.39 is 0 Å². The van der Waals surface area contributed by atoms with Crippen LogP contribution in [0.1, 0.15) is 84.1 Å². The first-order valence-electron chi connectivity index (χ1n) is 13.6. The summed E-state index contributed by atoms with van der Waals surface area (Å²) in [6, 6.07) is 11.3. The first-order chi connectivity index (χ1) is 16.0. The van der Waals surface area contributed by atoms with Crippen LogP contribution in [-0.4, -0.2) is 47.6 Å². The molecule has 0 amide bonds. The Hall–Kier alpha value is -1.74. The lowest BCUT2D eigenvalue weighted by molar-refractivity contribution is 0.0420. The van der Waals surface area contributed by atoms with Crippen LogP contribution in [-0.2, 0) is 6.42 Å². The highest BCUT2D eigenvalue weighted by atomic mass is 15.3. The fourth-order valence-electron chi connectivity index (χ4n) is 5.78. The third kappa shape index (κ3) is 6.88. The number of rotatable bonds is 12. The summed E-state index contributed by atoms with van der Waals surface area (Å²) in [6.07, 6.45) is 12.5. The maximum Gasteiger partial charge on any atom is 0.0814 e. The van der Waals surface area contributed by atoms with E-state index in [1.165, 1.54) is 94.4 Å². The van der Waals surface area contributed by atoms with Crippen LogP contribution in [0.15, 0.2) is 54.9 Å². The van der Waals surface area contributed by atoms with Crippen molar-refractivity contribution in [2.24, 2.45) is 5.92 Å². The molecule has 0 bridgehead atoms. The van der Waals surface area contributed by atoms with Crippen molar-refractivity contribution in [3.8, 4) is 0 Å². The Morgan fingerprint density at radius 3 is 2.33 bits per heavy atom. The number of nitrogens with one attached hydrogen (secondary N) is 1. The molecule has 0 radical (unpaired) electrons. The average molecular weight is 452 g/mol. The minimum Gasteiger partial charge on any atom is -0.379 e. The molecule has 3 heteroatoms. The topological polar surface area (TPSA) is 18.5 Å². The van der Waals surface area contributed by atoms with Crippen LogP contribution in [0.25, 0.3) is 0 Å². The van der Waals surface area contributed by atoms with E-state index in [9.17, 15) is 0 Å². The van der Waals surface area contributed by atoms with Crippen LogP contribution in [0, 0.1) is 5.92 Å². The molecule has 1 atom stereocenters. The van der Waals surface area contributed by atoms with E-state index in [1.807, 2.05) is 0 Å². The van der Waals surface area contributed by atoms with Gasteiger partial charge in [-0.25, -0.2) is 0 Å². The monoisotopic (exact) mass is 451 g/mol. The van der Waals surface area contributed by atoms with Gasteiger partial charge < -0.3 is 15.1 Å². The largest absolute Gasteiger partial charge is 0.379 e. The quantitative estimate of drug-likeness (QED) is 0.354. The van der Waals surface area contributed by atoms with Crippen molar-refractivity contribution in [1.82, 2.24) is 15.1 Å². The molecule has 0 aromatic heterocycles. The first-order valence-corrected chi connectivity index (χ1v) is 13.6. The molecule has 3 nitrogen and oxygen atoms in total. The van der Waals surface area contributed by atoms with Gasteiger partial charge in [0.1, 0.15) is 0 Å². The maximum absolute atomic E-state index is 4.59. The van der Waals surface area contributed by atoms with Crippen molar-refractivity contribution < 1.29 is 0 Å². The van der Waals surface area contributed by atoms with Gasteiger partial charge in [-0.3, -0.25) is 0 Å². The van der Waals surface area contributed by atoms with Crippen molar-refractivity contribution in [1.29, 1.82) is 0 Å². The van der Waals surface area contributed by atoms with E-state index in [0.29, 0.717) is 12.0 Å². The molecular weight excluding hydrogens is 402 g/mol. The van der Waals surface area contributed by atoms with E-state index in [4.69, 9.17) is 0 Å². The fourth-order valence-corrected chi connectivity index (χ4v) is 5.78. The fraction of sp³-hybridized carbons (Fsp3) is 0.667. The molecule has 33 heavy (non-hydrogen) atoms. The van der Waals surface area contributed by atoms with Gasteiger partial charge in [-0.2, -0.15) is 0 Å². The van der Waals surface area contributed by atoms with Crippen LogP contribution >= 0.6 is 0 Å². The van der Waals surface area contributed by atoms with Gasteiger partial charge >= 0.3 is 0 Å². The van der Waals surface area contributed by atoms with E-state index in [1.54, 1.807) is 0 Å². The lowest BCUT2D eigenvalue weighted by Crippen LogP contribution is -2.64. The van der Waals surface area contributed by atoms with Gasteiger partial charge in [0.15, 0.2) is 0 Å². The predicted molar refractivity (Wildman–Crippen MR) is 143 cm³/mol. The highest BCUT2D eigenvalue weighted by Gasteiger charge is 2.47. The van der Waals surface area contributed by atoms with Gasteiger partial charge in [0.25, 0.3) is 0 Å². The molecule has 1 N–H and O–H groups in total. The van der Waals surface area contributed by atoms with Crippen LogP contribution in [0.4, 0.5) is 0 Å². The number of piperidine rings is 1. The molecule has 0 aliphatic carbocycles. The first kappa shape index (κ1) is 25.9. The summed E-state index contributed by atoms with van der Waals surface area (Å²) in [4.78, 5) is 5.36. The van der Waals surface area contributed by atoms with E-state index in [2.05, 4.69) is 79.4 Å². The van der Waals surface area contributed by atoms with Crippen LogP contribution in [0.5, 0.6) is 0 Å². The summed E-state index contributed by atoms with van der Waals surface area (Å²) in [5, 5.41) is 3.80. The van der Waals surface area contributed by atoms with Gasteiger partial charge in [0.05, 0.1) is 11.6 Å². The normalized spacial score (nSPS) is 21.1. The molecule has 0 saturated carbocycles. The molecule has 2 heterocycles. The van der Waals surface area contributed by atoms with Crippen LogP contribution in [0.2, 0.25) is 0 Å². The summed E-state index contributed by atoms with van der Waals surface area (Å²) in [5.74, 6) is 0.656. The lowest BCUT2D eigenvalue weighted by Gasteiger charge is -2.57. The summed E-state index contributed by atoms with van der Waals surface area (Å²) < 4.78 is 0. The van der Waals surface area contributed by atoms with Crippen molar-refractivity contribution in [2.75, 3.05) is 26.2 Å². The predicted octanol–water partition coefficient (Wildman–Crippen LogP) is 6.77. The molecule has 1 spiro atoms. The molecule has 184 valence electrons. The second-order valence-corrected chi connectivity index (χ2v) is 10.8. The minimum absolute atomic E-state index is 0.0614. The Labute approximate surface area is 204 Å². The van der Waals surface area contributed by atoms with Gasteiger partial charge in [0.2, 0.25) is 0 Å². The number of nitrogens with zero attached hydrogens (tertiary/aromatic N) is 2. The maximum atomic E-state index is 4.59. The smallest absolute Gasteiger partial charge is 0.0814 e. The van der Waals surface area contributed by atoms with Gasteiger partial charge in [0, 0.05) is 31.0 Å². The molecular formula is C30H49N3. The zero-order valence-electron chi connectivity index (χ0n) is 21.7. The third-order valence-electron chi connectivity index (χ3n) is 7.83. The van der Waals surface area contributed by atoms with E-state index in [-0.39, 0.29) is 5.54 Å². The van der Waals surface area contributed by atoms with Crippen molar-refractivity contribution in [3.05, 3.63) is 60.4 Å². The second kappa shape index (κ2) is 12.6. The number of hydrogen-bond acceptors (Lipinski definition) is 3. The molecule has 1 unspecified atom stereocenters. The molecule has 2 fully saturated rings. The minimum atomic E-state index is 0.0614. The third-order valence-corrected chi connectivity index (χ3v) is 7.83. The summed E-state index contributed by atoms with van der Waals surface area (Å²) in [5.41, 5.74) is 4.09. The molecule has 1 aromatic carbocycles. The highest BCUT2D eigenvalue weighted by Crippen LogP contribution is 2.41. The van der Waals surface area contributed by atoms with Crippen molar-refractivity contribution in [2.45, 2.75) is 96.6 Å². The van der Waals surface area contributed by atoms with E-state index in [0.717, 1.165) is 13.0 Å². The van der Waals surface area contributed by atoms with Crippen molar-refractivity contribution in [3.63, 3.8) is 0 Å². The average Bonchev–Trinajstić information content (AvgIpc) is 2.81. The van der Waals surface area contributed by atoms with Gasteiger partial charge in [-0.05, 0) is 63.0 Å². The van der Waals surface area contributed by atoms with Gasteiger partial charge in [-0.15, -0.1) is 0 Å². The standard InChI is InChI=1S/C30H49N3/c1-6-7-21-33-26(4)29(24-25(2)3)31-27(5)30(33)18-22-32(23-19-30)20-14-9-8-11-15-28-16-12-10-13-17-28/h10,12-13,16-17,25,29,31H,4-9,11,14-15,18-24H2,1-3H3. The number of unbranched alkanes of at least 4 members (excludes halogenated alkanes) is 4. The summed E-state index contributed by atoms with van der Waals surface area (Å²) >= 11 is 0. The Balaban J connectivity index is 1.46. The highest BCUT2D eigenvalue weighted by molar-refractivity contribution is 5.30. The Morgan fingerprint density at radius 1 is 0.970 bits per heavy atom. The van der Waals surface area contributed by atoms with Crippen LogP contribution < -0.4 is 5.32 Å². The Morgan fingerprint density at radius 2 is 1.67 bits per heavy atom. The SMILES string of the molecule is C=C1C(CC(C)C)NC(=C)C2(CCN(CCCCCCc3ccccc3)CC2)N1CCCC. The molecule has 1 aromatic rings. The van der Waals surface area contributed by atoms with E-state index >= 15 is 0 Å². The number of likely N-dealkylation sites (tertiary alicyclic amines) is 1. The van der Waals surface area contributed by atoms with Gasteiger partial charge in [-0.1, -0.05) is 83.5 Å². The molecule has 2 saturated heterocycles. The molecule has 2 aliphatic heterocycles. The number of aryl methyl sites for hydroxylation is 1. The summed E-state index contributed by atoms with van der Waals surface area (Å²) in [6.45, 7) is 20.8. The summed E-state index contributed by atoms with van der Waals surface area (Å²) in [7, 11) is 0. The zero-order valence-corrected chi connectivity index (χ0v) is 21.7. The van der Waals surface area contributed by atoms with Crippen molar-refractivity contribution >= 4 is 0 Å². The molecule has 2 aliphatic rings.